The Morgan fingerprint density at radius 1 is 1.18 bits per heavy atom. The molecule has 1 atom stereocenters. The number of aromatic nitrogens is 1. The summed E-state index contributed by atoms with van der Waals surface area (Å²) < 4.78 is 18.5. The van der Waals surface area contributed by atoms with Crippen LogP contribution in [-0.4, -0.2) is 28.0 Å². The van der Waals surface area contributed by atoms with Crippen LogP contribution >= 0.6 is 0 Å². The number of amides is 2. The van der Waals surface area contributed by atoms with E-state index in [9.17, 15) is 23.9 Å². The number of primary amides is 1. The fraction of sp³-hybridized carbons (Fsp3) is 0.167. The number of hydrogen-bond acceptors (Lipinski definition) is 5. The largest absolute Gasteiger partial charge is 0.478 e. The van der Waals surface area contributed by atoms with Gasteiger partial charge in [-0.2, -0.15) is 0 Å². The number of hydrogen-bond donors (Lipinski definition) is 2. The highest BCUT2D eigenvalue weighted by Gasteiger charge is 2.34. The number of nitrogens with two attached hydrogens (primary N) is 1. The first-order valence-electron chi connectivity index (χ1n) is 10.1. The van der Waals surface area contributed by atoms with Crippen LogP contribution in [0.15, 0.2) is 58.8 Å². The molecular weight excluding hydrogens is 429 g/mol. The van der Waals surface area contributed by atoms with Gasteiger partial charge >= 0.3 is 5.97 Å². The summed E-state index contributed by atoms with van der Waals surface area (Å²) in [6.45, 7) is 3.36. The number of rotatable bonds is 5. The van der Waals surface area contributed by atoms with Crippen LogP contribution < -0.4 is 10.6 Å². The summed E-state index contributed by atoms with van der Waals surface area (Å²) >= 11 is 0. The van der Waals surface area contributed by atoms with Crippen molar-refractivity contribution in [2.75, 3.05) is 4.90 Å². The molecule has 2 heterocycles. The predicted molar refractivity (Wildman–Crippen MR) is 117 cm³/mol. The van der Waals surface area contributed by atoms with E-state index in [0.717, 1.165) is 0 Å². The Labute approximate surface area is 188 Å². The van der Waals surface area contributed by atoms with Gasteiger partial charge in [-0.1, -0.05) is 17.3 Å². The second kappa shape index (κ2) is 8.34. The van der Waals surface area contributed by atoms with Crippen LogP contribution in [0.5, 0.6) is 0 Å². The van der Waals surface area contributed by atoms with Gasteiger partial charge in [-0.25, -0.2) is 9.18 Å². The van der Waals surface area contributed by atoms with Crippen molar-refractivity contribution in [1.82, 2.24) is 5.16 Å². The van der Waals surface area contributed by atoms with Crippen molar-refractivity contribution in [2.24, 2.45) is 5.73 Å². The van der Waals surface area contributed by atoms with Gasteiger partial charge in [0, 0.05) is 35.7 Å². The highest BCUT2D eigenvalue weighted by atomic mass is 19.1. The number of halogens is 1. The zero-order valence-electron chi connectivity index (χ0n) is 17.8. The minimum absolute atomic E-state index is 0.0277. The standard InChI is InChI=1S/C24H20FN3O5/c1-12-7-21(18(9-16(12)23(26)30)20-8-13(2)33-27-20)28-11-19(24(31)32)17(10-22(28)29)14-3-5-15(25)6-4-14/h3-9,11,17H,10H2,1-2H3,(H2,26,30)(H,31,32)/t17-/m0/s1. The highest BCUT2D eigenvalue weighted by molar-refractivity contribution is 6.06. The van der Waals surface area contributed by atoms with Crippen LogP contribution in [0.4, 0.5) is 10.1 Å². The molecule has 9 heteroatoms. The van der Waals surface area contributed by atoms with Crippen LogP contribution in [0, 0.1) is 19.7 Å². The minimum atomic E-state index is -1.20. The SMILES string of the molecule is Cc1cc(-c2cc(C(N)=O)c(C)cc2N2C=C(C(=O)O)[C@H](c3ccc(F)cc3)CC2=O)no1. The number of nitrogens with zero attached hydrogens (tertiary/aromatic N) is 2. The lowest BCUT2D eigenvalue weighted by molar-refractivity contribution is -0.133. The molecule has 2 aromatic carbocycles. The van der Waals surface area contributed by atoms with Crippen molar-refractivity contribution in [1.29, 1.82) is 0 Å². The van der Waals surface area contributed by atoms with Crippen molar-refractivity contribution in [3.05, 3.63) is 82.5 Å². The fourth-order valence-corrected chi connectivity index (χ4v) is 3.94. The average Bonchev–Trinajstić information content (AvgIpc) is 3.19. The van der Waals surface area contributed by atoms with Gasteiger partial charge in [0.1, 0.15) is 17.3 Å². The Balaban J connectivity index is 1.88. The summed E-state index contributed by atoms with van der Waals surface area (Å²) in [6, 6.07) is 10.1. The number of aliphatic carboxylic acids is 1. The number of anilines is 1. The van der Waals surface area contributed by atoms with Crippen LogP contribution in [0.3, 0.4) is 0 Å². The molecule has 168 valence electrons. The third-order valence-electron chi connectivity index (χ3n) is 5.58. The third kappa shape index (κ3) is 4.12. The van der Waals surface area contributed by atoms with E-state index in [2.05, 4.69) is 5.16 Å². The first-order chi connectivity index (χ1) is 15.7. The number of carbonyl (C=O) groups is 3. The third-order valence-corrected chi connectivity index (χ3v) is 5.58. The molecule has 0 saturated carbocycles. The quantitative estimate of drug-likeness (QED) is 0.612. The Morgan fingerprint density at radius 2 is 1.88 bits per heavy atom. The molecule has 3 N–H and O–H groups in total. The van der Waals surface area contributed by atoms with Crippen molar-refractivity contribution >= 4 is 23.5 Å². The van der Waals surface area contributed by atoms with Gasteiger partial charge < -0.3 is 15.4 Å². The monoisotopic (exact) mass is 449 g/mol. The Hall–Kier alpha value is -4.27. The normalized spacial score (nSPS) is 16.0. The topological polar surface area (TPSA) is 127 Å². The van der Waals surface area contributed by atoms with Gasteiger partial charge in [-0.05, 0) is 49.2 Å². The first kappa shape index (κ1) is 21.9. The van der Waals surface area contributed by atoms with Crippen molar-refractivity contribution < 1.29 is 28.4 Å². The predicted octanol–water partition coefficient (Wildman–Crippen LogP) is 3.69. The lowest BCUT2D eigenvalue weighted by Crippen LogP contribution is -2.34. The van der Waals surface area contributed by atoms with Gasteiger partial charge in [0.05, 0.1) is 11.3 Å². The van der Waals surface area contributed by atoms with E-state index in [1.165, 1.54) is 41.4 Å². The number of aryl methyl sites for hydroxylation is 2. The first-order valence-corrected chi connectivity index (χ1v) is 10.1. The van der Waals surface area contributed by atoms with E-state index in [1.54, 1.807) is 26.0 Å². The Bertz CT molecular complexity index is 1310. The maximum Gasteiger partial charge on any atom is 0.333 e. The number of carboxylic acids is 1. The number of carboxylic acid groups (broad SMARTS) is 1. The smallest absolute Gasteiger partial charge is 0.333 e. The maximum absolute atomic E-state index is 13.4. The lowest BCUT2D eigenvalue weighted by atomic mass is 9.85. The van der Waals surface area contributed by atoms with Crippen LogP contribution in [0.1, 0.15) is 39.6 Å². The summed E-state index contributed by atoms with van der Waals surface area (Å²) in [6.07, 6.45) is 1.12. The number of carbonyl (C=O) groups excluding carboxylic acids is 2. The molecule has 0 fully saturated rings. The molecule has 4 rings (SSSR count). The van der Waals surface area contributed by atoms with E-state index in [1.807, 2.05) is 0 Å². The lowest BCUT2D eigenvalue weighted by Gasteiger charge is -2.31. The second-order valence-electron chi connectivity index (χ2n) is 7.83. The molecule has 0 unspecified atom stereocenters. The molecule has 2 amide bonds. The van der Waals surface area contributed by atoms with Crippen molar-refractivity contribution in [3.63, 3.8) is 0 Å². The van der Waals surface area contributed by atoms with Crippen LogP contribution in [0.25, 0.3) is 11.3 Å². The summed E-state index contributed by atoms with van der Waals surface area (Å²) in [5.41, 5.74) is 7.84. The van der Waals surface area contributed by atoms with E-state index in [4.69, 9.17) is 10.3 Å². The van der Waals surface area contributed by atoms with Gasteiger partial charge in [-0.3, -0.25) is 14.5 Å². The van der Waals surface area contributed by atoms with Crippen molar-refractivity contribution in [3.8, 4) is 11.3 Å². The molecule has 0 bridgehead atoms. The highest BCUT2D eigenvalue weighted by Crippen LogP contribution is 2.39. The van der Waals surface area contributed by atoms with Crippen LogP contribution in [0.2, 0.25) is 0 Å². The van der Waals surface area contributed by atoms with Gasteiger partial charge in [0.2, 0.25) is 11.8 Å². The molecule has 33 heavy (non-hydrogen) atoms. The molecule has 1 aromatic heterocycles. The zero-order chi connectivity index (χ0) is 23.9. The summed E-state index contributed by atoms with van der Waals surface area (Å²) in [4.78, 5) is 38.4. The Morgan fingerprint density at radius 3 is 2.45 bits per heavy atom. The van der Waals surface area contributed by atoms with Crippen LogP contribution in [-0.2, 0) is 9.59 Å². The molecule has 1 aliphatic heterocycles. The molecule has 0 aliphatic carbocycles. The number of benzene rings is 2. The summed E-state index contributed by atoms with van der Waals surface area (Å²) in [5, 5.41) is 13.9. The van der Waals surface area contributed by atoms with Gasteiger partial charge in [0.25, 0.3) is 0 Å². The Kier molecular flexibility index (Phi) is 5.55. The fourth-order valence-electron chi connectivity index (χ4n) is 3.94. The zero-order valence-corrected chi connectivity index (χ0v) is 17.8. The van der Waals surface area contributed by atoms with E-state index >= 15 is 0 Å². The summed E-state index contributed by atoms with van der Waals surface area (Å²) in [7, 11) is 0. The van der Waals surface area contributed by atoms with E-state index in [-0.39, 0.29) is 23.5 Å². The molecule has 1 aliphatic rings. The van der Waals surface area contributed by atoms with E-state index < -0.39 is 23.6 Å². The van der Waals surface area contributed by atoms with Gasteiger partial charge in [-0.15, -0.1) is 0 Å². The molecular formula is C24H20FN3O5. The molecule has 0 radical (unpaired) electrons. The molecule has 0 saturated heterocycles. The second-order valence-corrected chi connectivity index (χ2v) is 7.83. The summed E-state index contributed by atoms with van der Waals surface area (Å²) in [5.74, 6) is -2.91. The van der Waals surface area contributed by atoms with Gasteiger partial charge in [0.15, 0.2) is 0 Å². The maximum atomic E-state index is 13.4. The molecule has 3 aromatic rings. The van der Waals surface area contributed by atoms with E-state index in [0.29, 0.717) is 33.8 Å². The van der Waals surface area contributed by atoms with Crippen molar-refractivity contribution in [2.45, 2.75) is 26.2 Å². The minimum Gasteiger partial charge on any atom is -0.478 e. The molecule has 8 nitrogen and oxygen atoms in total. The molecule has 0 spiro atoms. The average molecular weight is 449 g/mol.